The molecule has 132 valence electrons. The zero-order chi connectivity index (χ0) is 17.7. The molecule has 0 saturated carbocycles. The third-order valence-electron chi connectivity index (χ3n) is 3.74. The molecule has 2 unspecified atom stereocenters. The summed E-state index contributed by atoms with van der Waals surface area (Å²) in [6, 6.07) is 4.25. The van der Waals surface area contributed by atoms with Crippen LogP contribution in [0.4, 0.5) is 0 Å². The lowest BCUT2D eigenvalue weighted by atomic mass is 9.94. The molecule has 1 aromatic rings. The summed E-state index contributed by atoms with van der Waals surface area (Å²) in [5.41, 5.74) is 0. The number of hydrogen-bond donors (Lipinski definition) is 2. The van der Waals surface area contributed by atoms with Crippen LogP contribution in [0.15, 0.2) is 29.2 Å². The van der Waals surface area contributed by atoms with Gasteiger partial charge in [-0.3, -0.25) is 4.79 Å². The van der Waals surface area contributed by atoms with E-state index >= 15 is 0 Å². The Hall–Kier alpha value is -1.64. The zero-order valence-corrected chi connectivity index (χ0v) is 14.3. The molecule has 0 aromatic heterocycles. The molecule has 1 aromatic carbocycles. The number of ether oxygens (including phenoxy) is 1. The minimum Gasteiger partial charge on any atom is -0.480 e. The summed E-state index contributed by atoms with van der Waals surface area (Å²) in [6.07, 6.45) is 1.30. The molecule has 0 spiro atoms. The summed E-state index contributed by atoms with van der Waals surface area (Å²) in [5.74, 6) is -3.27. The van der Waals surface area contributed by atoms with Crippen LogP contribution in [0.3, 0.4) is 0 Å². The fourth-order valence-electron chi connectivity index (χ4n) is 2.52. The number of benzene rings is 1. The molecule has 1 amide bonds. The van der Waals surface area contributed by atoms with Crippen LogP contribution in [0.2, 0.25) is 5.02 Å². The van der Waals surface area contributed by atoms with Crippen molar-refractivity contribution in [3.8, 4) is 0 Å². The van der Waals surface area contributed by atoms with Gasteiger partial charge >= 0.3 is 5.97 Å². The largest absolute Gasteiger partial charge is 0.480 e. The highest BCUT2D eigenvalue weighted by Crippen LogP contribution is 2.19. The quantitative estimate of drug-likeness (QED) is 0.770. The van der Waals surface area contributed by atoms with Crippen LogP contribution in [-0.2, 0) is 24.2 Å². The minimum atomic E-state index is -3.87. The Balaban J connectivity index is 2.04. The first-order chi connectivity index (χ1) is 11.3. The van der Waals surface area contributed by atoms with Gasteiger partial charge in [0.2, 0.25) is 5.91 Å². The Labute approximate surface area is 144 Å². The van der Waals surface area contributed by atoms with Crippen LogP contribution in [0, 0.1) is 5.92 Å². The van der Waals surface area contributed by atoms with E-state index in [1.54, 1.807) is 0 Å². The molecular formula is C15H18ClNO6S. The van der Waals surface area contributed by atoms with Crippen LogP contribution in [0.5, 0.6) is 0 Å². The van der Waals surface area contributed by atoms with Crippen molar-refractivity contribution >= 4 is 33.3 Å². The van der Waals surface area contributed by atoms with Crippen LogP contribution in [0.25, 0.3) is 0 Å². The van der Waals surface area contributed by atoms with Crippen molar-refractivity contribution < 1.29 is 27.9 Å². The highest BCUT2D eigenvalue weighted by molar-refractivity contribution is 7.92. The lowest BCUT2D eigenvalue weighted by Crippen LogP contribution is -2.49. The van der Waals surface area contributed by atoms with Gasteiger partial charge in [0.15, 0.2) is 9.84 Å². The molecule has 9 heteroatoms. The number of aliphatic carboxylic acids is 1. The predicted molar refractivity (Wildman–Crippen MR) is 86.6 cm³/mol. The zero-order valence-electron chi connectivity index (χ0n) is 12.8. The van der Waals surface area contributed by atoms with Crippen molar-refractivity contribution in [1.29, 1.82) is 0 Å². The number of sulfone groups is 1. The van der Waals surface area contributed by atoms with Gasteiger partial charge in [0.05, 0.1) is 11.5 Å². The van der Waals surface area contributed by atoms with Gasteiger partial charge in [-0.15, -0.1) is 0 Å². The Kier molecular flexibility index (Phi) is 6.20. The van der Waals surface area contributed by atoms with Crippen molar-refractivity contribution in [1.82, 2.24) is 5.32 Å². The van der Waals surface area contributed by atoms with E-state index in [2.05, 4.69) is 5.32 Å². The molecule has 1 heterocycles. The SMILES string of the molecule is O=C(CS(=O)(=O)c1ccc(Cl)cc1)NC(C(=O)O)C1CCCOC1. The molecule has 2 rings (SSSR count). The van der Waals surface area contributed by atoms with Gasteiger partial charge in [-0.1, -0.05) is 11.6 Å². The van der Waals surface area contributed by atoms with E-state index in [1.165, 1.54) is 24.3 Å². The summed E-state index contributed by atoms with van der Waals surface area (Å²) in [4.78, 5) is 23.4. The molecule has 1 saturated heterocycles. The minimum absolute atomic E-state index is 0.0464. The number of carbonyl (C=O) groups is 2. The van der Waals surface area contributed by atoms with E-state index in [-0.39, 0.29) is 17.4 Å². The van der Waals surface area contributed by atoms with E-state index in [9.17, 15) is 23.1 Å². The van der Waals surface area contributed by atoms with Crippen LogP contribution < -0.4 is 5.32 Å². The monoisotopic (exact) mass is 375 g/mol. The van der Waals surface area contributed by atoms with E-state index in [0.29, 0.717) is 24.5 Å². The second kappa shape index (κ2) is 7.96. The summed E-state index contributed by atoms with van der Waals surface area (Å²) in [7, 11) is -3.87. The fraction of sp³-hybridized carbons (Fsp3) is 0.467. The molecule has 0 bridgehead atoms. The summed E-state index contributed by atoms with van der Waals surface area (Å²) < 4.78 is 29.6. The molecular weight excluding hydrogens is 358 g/mol. The molecule has 1 fully saturated rings. The lowest BCUT2D eigenvalue weighted by molar-refractivity contribution is -0.144. The Morgan fingerprint density at radius 1 is 1.33 bits per heavy atom. The number of amides is 1. The summed E-state index contributed by atoms with van der Waals surface area (Å²) >= 11 is 5.71. The van der Waals surface area contributed by atoms with E-state index in [0.717, 1.165) is 0 Å². The predicted octanol–water partition coefficient (Wildman–Crippen LogP) is 1.11. The fourth-order valence-corrected chi connectivity index (χ4v) is 3.79. The number of halogens is 1. The highest BCUT2D eigenvalue weighted by Gasteiger charge is 2.32. The van der Waals surface area contributed by atoms with Crippen molar-refractivity contribution in [3.05, 3.63) is 29.3 Å². The average molecular weight is 376 g/mol. The van der Waals surface area contributed by atoms with Crippen LogP contribution in [-0.4, -0.2) is 50.4 Å². The topological polar surface area (TPSA) is 110 Å². The van der Waals surface area contributed by atoms with Crippen LogP contribution in [0.1, 0.15) is 12.8 Å². The standard InChI is InChI=1S/C15H18ClNO6S/c16-11-3-5-12(6-4-11)24(21,22)9-13(18)17-14(15(19)20)10-2-1-7-23-8-10/h3-6,10,14H,1-2,7-9H2,(H,17,18)(H,19,20). The number of rotatable bonds is 6. The van der Waals surface area contributed by atoms with E-state index in [4.69, 9.17) is 16.3 Å². The second-order valence-electron chi connectivity index (χ2n) is 5.57. The molecule has 1 aliphatic heterocycles. The van der Waals surface area contributed by atoms with Crippen molar-refractivity contribution in [2.75, 3.05) is 19.0 Å². The van der Waals surface area contributed by atoms with E-state index in [1.807, 2.05) is 0 Å². The van der Waals surface area contributed by atoms with Crippen molar-refractivity contribution in [2.24, 2.45) is 5.92 Å². The first-order valence-corrected chi connectivity index (χ1v) is 9.41. The molecule has 0 radical (unpaired) electrons. The van der Waals surface area contributed by atoms with Gasteiger partial charge in [0.25, 0.3) is 0 Å². The molecule has 2 N–H and O–H groups in total. The maximum atomic E-state index is 12.2. The molecule has 1 aliphatic rings. The molecule has 7 nitrogen and oxygen atoms in total. The number of carboxylic acids is 1. The number of carbonyl (C=O) groups excluding carboxylic acids is 1. The van der Waals surface area contributed by atoms with E-state index < -0.39 is 33.5 Å². The number of hydrogen-bond acceptors (Lipinski definition) is 5. The highest BCUT2D eigenvalue weighted by atomic mass is 35.5. The van der Waals surface area contributed by atoms with Gasteiger partial charge in [-0.05, 0) is 37.1 Å². The van der Waals surface area contributed by atoms with Crippen LogP contribution >= 0.6 is 11.6 Å². The number of nitrogens with one attached hydrogen (secondary N) is 1. The normalized spacial score (nSPS) is 19.5. The summed E-state index contributed by atoms with van der Waals surface area (Å²) in [6.45, 7) is 0.781. The van der Waals surface area contributed by atoms with Gasteiger partial charge in [0.1, 0.15) is 11.8 Å². The maximum absolute atomic E-state index is 12.2. The van der Waals surface area contributed by atoms with Gasteiger partial charge in [-0.2, -0.15) is 0 Å². The first kappa shape index (κ1) is 18.7. The Morgan fingerprint density at radius 2 is 2.00 bits per heavy atom. The lowest BCUT2D eigenvalue weighted by Gasteiger charge is -2.28. The third-order valence-corrected chi connectivity index (χ3v) is 5.63. The van der Waals surface area contributed by atoms with Crippen molar-refractivity contribution in [2.45, 2.75) is 23.8 Å². The third kappa shape index (κ3) is 4.93. The van der Waals surface area contributed by atoms with Gasteiger partial charge in [0, 0.05) is 17.5 Å². The van der Waals surface area contributed by atoms with Gasteiger partial charge in [-0.25, -0.2) is 13.2 Å². The Morgan fingerprint density at radius 3 is 2.54 bits per heavy atom. The smallest absolute Gasteiger partial charge is 0.326 e. The second-order valence-corrected chi connectivity index (χ2v) is 8.00. The Bertz CT molecular complexity index is 697. The molecule has 0 aliphatic carbocycles. The molecule has 2 atom stereocenters. The molecule has 24 heavy (non-hydrogen) atoms. The first-order valence-electron chi connectivity index (χ1n) is 7.38. The van der Waals surface area contributed by atoms with Crippen molar-refractivity contribution in [3.63, 3.8) is 0 Å². The maximum Gasteiger partial charge on any atom is 0.326 e. The summed E-state index contributed by atoms with van der Waals surface area (Å²) in [5, 5.41) is 12.0. The average Bonchev–Trinajstić information content (AvgIpc) is 2.53. The van der Waals surface area contributed by atoms with Gasteiger partial charge < -0.3 is 15.2 Å². The number of carboxylic acid groups (broad SMARTS) is 1.